The maximum atomic E-state index is 10.7. The molecule has 0 aromatic heterocycles. The van der Waals surface area contributed by atoms with Gasteiger partial charge in [-0.05, 0) is 19.4 Å². The molecule has 1 unspecified atom stereocenters. The van der Waals surface area contributed by atoms with Crippen molar-refractivity contribution in [3.05, 3.63) is 0 Å². The van der Waals surface area contributed by atoms with Crippen LogP contribution in [0.15, 0.2) is 0 Å². The van der Waals surface area contributed by atoms with Crippen LogP contribution in [0.2, 0.25) is 0 Å². The Balaban J connectivity index is 4.03. The summed E-state index contributed by atoms with van der Waals surface area (Å²) < 4.78 is 0. The summed E-state index contributed by atoms with van der Waals surface area (Å²) in [6.07, 6.45) is 1.14. The van der Waals surface area contributed by atoms with E-state index in [1.807, 2.05) is 4.90 Å². The fraction of sp³-hybridized carbons (Fsp3) is 0.818. The molecule has 0 bridgehead atoms. The van der Waals surface area contributed by atoms with Gasteiger partial charge in [0.25, 0.3) is 0 Å². The van der Waals surface area contributed by atoms with Crippen molar-refractivity contribution in [2.45, 2.75) is 26.2 Å². The lowest BCUT2D eigenvalue weighted by Gasteiger charge is -2.23. The number of carboxylic acids is 2. The van der Waals surface area contributed by atoms with Crippen molar-refractivity contribution in [2.24, 2.45) is 5.92 Å². The van der Waals surface area contributed by atoms with Crippen molar-refractivity contribution < 1.29 is 24.9 Å². The van der Waals surface area contributed by atoms with Gasteiger partial charge < -0.3 is 20.2 Å². The summed E-state index contributed by atoms with van der Waals surface area (Å²) in [6.45, 7) is 3.19. The Hall–Kier alpha value is -1.14. The molecule has 6 nitrogen and oxygen atoms in total. The minimum Gasteiger partial charge on any atom is -0.481 e. The van der Waals surface area contributed by atoms with E-state index in [9.17, 15) is 9.59 Å². The Morgan fingerprint density at radius 2 is 1.76 bits per heavy atom. The lowest BCUT2D eigenvalue weighted by Crippen LogP contribution is -2.34. The topological polar surface area (TPSA) is 98.1 Å². The molecule has 0 aliphatic heterocycles. The van der Waals surface area contributed by atoms with Crippen molar-refractivity contribution in [3.63, 3.8) is 0 Å². The molecule has 0 aliphatic rings. The molecular formula is C11H21NO5. The van der Waals surface area contributed by atoms with Crippen LogP contribution in [-0.4, -0.2) is 58.4 Å². The van der Waals surface area contributed by atoms with Crippen LogP contribution in [0.25, 0.3) is 0 Å². The number of aliphatic hydroxyl groups excluding tert-OH is 1. The fourth-order valence-corrected chi connectivity index (χ4v) is 1.51. The monoisotopic (exact) mass is 247 g/mol. The van der Waals surface area contributed by atoms with Crippen molar-refractivity contribution in [2.75, 3.05) is 26.2 Å². The molecule has 0 aromatic carbocycles. The predicted octanol–water partition coefficient (Wildman–Crippen LogP) is 0.256. The molecular weight excluding hydrogens is 226 g/mol. The molecule has 0 aromatic rings. The van der Waals surface area contributed by atoms with E-state index in [2.05, 4.69) is 0 Å². The third-order valence-electron chi connectivity index (χ3n) is 2.45. The van der Waals surface area contributed by atoms with Gasteiger partial charge in [-0.2, -0.15) is 0 Å². The number of aliphatic hydroxyl groups is 1. The average molecular weight is 247 g/mol. The summed E-state index contributed by atoms with van der Waals surface area (Å²) in [5, 5.41) is 26.1. The Kier molecular flexibility index (Phi) is 8.35. The van der Waals surface area contributed by atoms with Gasteiger partial charge in [0.15, 0.2) is 0 Å². The molecule has 0 saturated carbocycles. The Morgan fingerprint density at radius 3 is 2.24 bits per heavy atom. The van der Waals surface area contributed by atoms with E-state index in [-0.39, 0.29) is 13.0 Å². The highest BCUT2D eigenvalue weighted by molar-refractivity contribution is 5.69. The number of nitrogens with zero attached hydrogens (tertiary/aromatic N) is 1. The van der Waals surface area contributed by atoms with Crippen molar-refractivity contribution >= 4 is 11.9 Å². The maximum absolute atomic E-state index is 10.7. The molecule has 0 rings (SSSR count). The van der Waals surface area contributed by atoms with Crippen LogP contribution in [0.4, 0.5) is 0 Å². The van der Waals surface area contributed by atoms with E-state index in [0.717, 1.165) is 0 Å². The van der Waals surface area contributed by atoms with E-state index in [0.29, 0.717) is 32.5 Å². The molecule has 100 valence electrons. The van der Waals surface area contributed by atoms with Gasteiger partial charge in [0.2, 0.25) is 0 Å². The van der Waals surface area contributed by atoms with Gasteiger partial charge in [-0.15, -0.1) is 0 Å². The minimum absolute atomic E-state index is 0.0525. The van der Waals surface area contributed by atoms with E-state index in [1.165, 1.54) is 0 Å². The summed E-state index contributed by atoms with van der Waals surface area (Å²) in [5.74, 6) is -2.20. The summed E-state index contributed by atoms with van der Waals surface area (Å²) in [5.41, 5.74) is 0. The highest BCUT2D eigenvalue weighted by Gasteiger charge is 2.15. The lowest BCUT2D eigenvalue weighted by molar-refractivity contribution is -0.142. The first kappa shape index (κ1) is 15.9. The number of carbonyl (C=O) groups is 2. The van der Waals surface area contributed by atoms with Crippen molar-refractivity contribution in [1.29, 1.82) is 0 Å². The van der Waals surface area contributed by atoms with Gasteiger partial charge in [-0.1, -0.05) is 6.92 Å². The smallest absolute Gasteiger partial charge is 0.307 e. The summed E-state index contributed by atoms with van der Waals surface area (Å²) >= 11 is 0. The average Bonchev–Trinajstić information content (AvgIpc) is 2.24. The predicted molar refractivity (Wildman–Crippen MR) is 61.8 cm³/mol. The summed E-state index contributed by atoms with van der Waals surface area (Å²) in [4.78, 5) is 23.0. The first-order valence-corrected chi connectivity index (χ1v) is 5.75. The Labute approximate surface area is 101 Å². The van der Waals surface area contributed by atoms with Gasteiger partial charge in [0.1, 0.15) is 0 Å². The van der Waals surface area contributed by atoms with E-state index in [4.69, 9.17) is 15.3 Å². The SMILES string of the molecule is CC(CN(CCCO)CCCC(=O)O)C(=O)O. The summed E-state index contributed by atoms with van der Waals surface area (Å²) in [7, 11) is 0. The largest absolute Gasteiger partial charge is 0.481 e. The number of aliphatic carboxylic acids is 2. The van der Waals surface area contributed by atoms with Crippen LogP contribution in [0.3, 0.4) is 0 Å². The molecule has 1 atom stereocenters. The molecule has 17 heavy (non-hydrogen) atoms. The second-order valence-electron chi connectivity index (χ2n) is 4.11. The Morgan fingerprint density at radius 1 is 1.18 bits per heavy atom. The molecule has 0 amide bonds. The third-order valence-corrected chi connectivity index (χ3v) is 2.45. The van der Waals surface area contributed by atoms with E-state index in [1.54, 1.807) is 6.92 Å². The van der Waals surface area contributed by atoms with Crippen LogP contribution >= 0.6 is 0 Å². The molecule has 0 fully saturated rings. The van der Waals surface area contributed by atoms with Gasteiger partial charge in [0, 0.05) is 26.1 Å². The summed E-state index contributed by atoms with van der Waals surface area (Å²) in [6, 6.07) is 0. The number of hydrogen-bond acceptors (Lipinski definition) is 4. The number of rotatable bonds is 10. The molecule has 3 N–H and O–H groups in total. The zero-order valence-corrected chi connectivity index (χ0v) is 10.1. The van der Waals surface area contributed by atoms with E-state index < -0.39 is 17.9 Å². The van der Waals surface area contributed by atoms with Gasteiger partial charge >= 0.3 is 11.9 Å². The zero-order valence-electron chi connectivity index (χ0n) is 10.1. The molecule has 0 heterocycles. The second kappa shape index (κ2) is 8.95. The number of carboxylic acid groups (broad SMARTS) is 2. The fourth-order valence-electron chi connectivity index (χ4n) is 1.51. The van der Waals surface area contributed by atoms with Crippen LogP contribution < -0.4 is 0 Å². The van der Waals surface area contributed by atoms with Gasteiger partial charge in [-0.25, -0.2) is 0 Å². The van der Waals surface area contributed by atoms with Gasteiger partial charge in [0.05, 0.1) is 5.92 Å². The molecule has 0 saturated heterocycles. The maximum Gasteiger partial charge on any atom is 0.307 e. The first-order chi connectivity index (χ1) is 7.97. The second-order valence-corrected chi connectivity index (χ2v) is 4.11. The molecule has 6 heteroatoms. The normalized spacial score (nSPS) is 12.6. The first-order valence-electron chi connectivity index (χ1n) is 5.75. The highest BCUT2D eigenvalue weighted by atomic mass is 16.4. The highest BCUT2D eigenvalue weighted by Crippen LogP contribution is 2.04. The van der Waals surface area contributed by atoms with Crippen LogP contribution in [0, 0.1) is 5.92 Å². The molecule has 0 aliphatic carbocycles. The molecule has 0 spiro atoms. The molecule has 0 radical (unpaired) electrons. The van der Waals surface area contributed by atoms with E-state index >= 15 is 0 Å². The van der Waals surface area contributed by atoms with Crippen molar-refractivity contribution in [1.82, 2.24) is 4.90 Å². The Bertz CT molecular complexity index is 244. The number of hydrogen-bond donors (Lipinski definition) is 3. The lowest BCUT2D eigenvalue weighted by atomic mass is 10.1. The van der Waals surface area contributed by atoms with Crippen LogP contribution in [0.5, 0.6) is 0 Å². The third kappa shape index (κ3) is 8.65. The zero-order chi connectivity index (χ0) is 13.3. The quantitative estimate of drug-likeness (QED) is 0.512. The standard InChI is InChI=1S/C11H21NO5/c1-9(11(16)17)8-12(6-3-7-13)5-2-4-10(14)15/h9,13H,2-8H2,1H3,(H,14,15)(H,16,17). The minimum atomic E-state index is -0.864. The van der Waals surface area contributed by atoms with Gasteiger partial charge in [-0.3, -0.25) is 9.59 Å². The van der Waals surface area contributed by atoms with Crippen LogP contribution in [-0.2, 0) is 9.59 Å². The van der Waals surface area contributed by atoms with Crippen LogP contribution in [0.1, 0.15) is 26.2 Å². The van der Waals surface area contributed by atoms with Crippen molar-refractivity contribution in [3.8, 4) is 0 Å².